The summed E-state index contributed by atoms with van der Waals surface area (Å²) in [5.74, 6) is 0. The van der Waals surface area contributed by atoms with Gasteiger partial charge < -0.3 is 56.3 Å². The molecule has 29 aromatic rings. The number of rotatable bonds is 12. The van der Waals surface area contributed by atoms with Gasteiger partial charge in [-0.05, 0) is 241 Å². The van der Waals surface area contributed by atoms with Crippen LogP contribution in [0, 0.1) is 0 Å². The topological polar surface area (TPSA) is 185 Å². The molecule has 29 rings (SSSR count). The van der Waals surface area contributed by atoms with Gasteiger partial charge in [0.1, 0.15) is 78.2 Å². The Morgan fingerprint density at radius 1 is 0.154 bits per heavy atom. The third-order valence-electron chi connectivity index (χ3n) is 27.1. The van der Waals surface area contributed by atoms with Gasteiger partial charge in [0.25, 0.3) is 0 Å². The molecule has 0 saturated carbocycles. The highest BCUT2D eigenvalue weighted by atomic mass is 79.9. The van der Waals surface area contributed by atoms with E-state index in [0.29, 0.717) is 10.9 Å². The minimum atomic E-state index is -1.48. The third kappa shape index (κ3) is 19.4. The van der Waals surface area contributed by atoms with Gasteiger partial charge in [-0.2, -0.15) is 0 Å². The van der Waals surface area contributed by atoms with Crippen LogP contribution in [0.2, 0.25) is 0 Å². The third-order valence-corrected chi connectivity index (χ3v) is 28.6. The number of nitrogens with one attached hydrogen (secondary N) is 1. The van der Waals surface area contributed by atoms with Crippen LogP contribution in [0.5, 0.6) is 0 Å². The van der Waals surface area contributed by atoms with E-state index in [2.05, 4.69) is 320 Å². The van der Waals surface area contributed by atoms with Crippen LogP contribution in [0.25, 0.3) is 243 Å². The number of halogens is 3. The standard InChI is InChI=1S/C36H23NO2.C24H15BrO.2C18H13BO3.2C18H11BrO/c1-3-7-33-29(5-1)31-21-25(13-19-35(31)38-33)23-9-15-27(16-10-23)37-28-17-11-24(12-18-28)26-14-20-36-32(22-26)30-6-2-4-8-34(30)39-36;25-19-13-11-16(12-14-19)17-5-3-6-18(15-17)20-8-4-9-22-21-7-1-2-10-23(21)26-24(20)22;20-19(21)13-6-3-5-12(11-13)14-8-4-9-16-15-7-1-2-10-17(15)22-18(14)16;20-19(21)14-5-3-4-12(10-14)13-8-9-18-16(11-13)15-6-1-2-7-17(15)22-18;19-13-6-3-5-12(11-13)14-8-4-9-16-15-7-1-2-10-17(15)20-18(14)16;19-14-5-3-4-12(10-14)13-8-9-18-16(11-13)15-6-1-2-7-17(15)20-18/h1-22,37H;1-15H;2*1-11,20-21H;2*1-11H. The first kappa shape index (κ1) is 94.0. The Balaban J connectivity index is 0.0000000972. The molecular formula is C132H86B2Br3NO11. The molecule has 0 spiro atoms. The second-order valence-corrected chi connectivity index (χ2v) is 39.2. The molecule has 7 aromatic heterocycles. The summed E-state index contributed by atoms with van der Waals surface area (Å²) >= 11 is 10.6. The molecule has 149 heavy (non-hydrogen) atoms. The first-order valence-electron chi connectivity index (χ1n) is 48.8. The van der Waals surface area contributed by atoms with Gasteiger partial charge in [-0.3, -0.25) is 0 Å². The van der Waals surface area contributed by atoms with E-state index in [-0.39, 0.29) is 0 Å². The first-order chi connectivity index (χ1) is 73.2. The zero-order valence-electron chi connectivity index (χ0n) is 79.7. The van der Waals surface area contributed by atoms with Crippen molar-refractivity contribution in [3.63, 3.8) is 0 Å². The van der Waals surface area contributed by atoms with Gasteiger partial charge in [-0.25, -0.2) is 0 Å². The van der Waals surface area contributed by atoms with E-state index in [0.717, 1.165) is 212 Å². The van der Waals surface area contributed by atoms with Crippen LogP contribution in [-0.2, 0) is 0 Å². The molecule has 712 valence electrons. The molecule has 0 bridgehead atoms. The smallest absolute Gasteiger partial charge is 0.456 e. The molecule has 0 saturated heterocycles. The van der Waals surface area contributed by atoms with Gasteiger partial charge in [0.05, 0.1) is 0 Å². The Morgan fingerprint density at radius 2 is 0.376 bits per heavy atom. The van der Waals surface area contributed by atoms with Crippen LogP contribution in [0.1, 0.15) is 0 Å². The maximum atomic E-state index is 9.35. The number of fused-ring (bicyclic) bond motifs is 21. The highest BCUT2D eigenvalue weighted by Crippen LogP contribution is 2.44. The number of furan rings is 7. The van der Waals surface area contributed by atoms with E-state index in [9.17, 15) is 20.1 Å². The molecule has 0 aliphatic heterocycles. The predicted octanol–water partition coefficient (Wildman–Crippen LogP) is 36.1. The zero-order valence-corrected chi connectivity index (χ0v) is 84.5. The summed E-state index contributed by atoms with van der Waals surface area (Å²) in [6.07, 6.45) is 0. The maximum absolute atomic E-state index is 9.35. The van der Waals surface area contributed by atoms with Crippen LogP contribution in [-0.4, -0.2) is 34.3 Å². The maximum Gasteiger partial charge on any atom is 0.488 e. The van der Waals surface area contributed by atoms with Crippen molar-refractivity contribution in [2.24, 2.45) is 0 Å². The van der Waals surface area contributed by atoms with Gasteiger partial charge in [-0.15, -0.1) is 0 Å². The van der Waals surface area contributed by atoms with Crippen molar-refractivity contribution in [3.05, 3.63) is 505 Å². The molecule has 0 aliphatic rings. The van der Waals surface area contributed by atoms with Crippen LogP contribution in [0.3, 0.4) is 0 Å². The second kappa shape index (κ2) is 41.3. The Kier molecular flexibility index (Phi) is 26.0. The molecule has 0 atom stereocenters. The SMILES string of the molecule is Brc1ccc(-c2cccc(-c3cccc4c3oc3ccccc34)c2)cc1.Brc1cccc(-c2ccc3oc4ccccc4c3c2)c1.Brc1cccc(-c2cccc3c2oc2ccccc23)c1.OB(O)c1cccc(-c2ccc3oc4ccccc4c3c2)c1.OB(O)c1cccc(-c2cccc3c2oc2ccccc23)c1.c1ccc2c(c1)oc1ccc(-c3ccc(Nc4ccc(-c5ccc6oc7ccccc7c6c5)cc4)cc3)cc12. The van der Waals surface area contributed by atoms with Gasteiger partial charge >= 0.3 is 14.2 Å². The lowest BCUT2D eigenvalue weighted by atomic mass is 9.79. The average molecular weight is 2120 g/mol. The molecule has 17 heteroatoms. The fourth-order valence-corrected chi connectivity index (χ4v) is 20.8. The molecular weight excluding hydrogens is 2040 g/mol. The van der Waals surface area contributed by atoms with E-state index in [1.807, 2.05) is 200 Å². The number of benzene rings is 22. The minimum Gasteiger partial charge on any atom is -0.456 e. The number of hydrogen-bond donors (Lipinski definition) is 5. The first-order valence-corrected chi connectivity index (χ1v) is 51.2. The van der Waals surface area contributed by atoms with Crippen LogP contribution < -0.4 is 16.2 Å². The van der Waals surface area contributed by atoms with Crippen LogP contribution >= 0.6 is 47.8 Å². The molecule has 0 fully saturated rings. The Hall–Kier alpha value is -17.4. The molecule has 0 aliphatic carbocycles. The summed E-state index contributed by atoms with van der Waals surface area (Å²) in [6, 6.07) is 166. The minimum absolute atomic E-state index is 0.464. The molecule has 12 nitrogen and oxygen atoms in total. The second-order valence-electron chi connectivity index (χ2n) is 36.5. The number of anilines is 2. The van der Waals surface area contributed by atoms with Crippen molar-refractivity contribution in [1.82, 2.24) is 0 Å². The molecule has 22 aromatic carbocycles. The largest absolute Gasteiger partial charge is 0.488 e. The van der Waals surface area contributed by atoms with E-state index in [4.69, 9.17) is 30.9 Å². The van der Waals surface area contributed by atoms with E-state index < -0.39 is 14.2 Å². The summed E-state index contributed by atoms with van der Waals surface area (Å²) in [5, 5.41) is 56.7. The van der Waals surface area contributed by atoms with Gasteiger partial charge in [-0.1, -0.05) is 381 Å². The van der Waals surface area contributed by atoms with Crippen LogP contribution in [0.4, 0.5) is 11.4 Å². The van der Waals surface area contributed by atoms with Gasteiger partial charge in [0.2, 0.25) is 0 Å². The van der Waals surface area contributed by atoms with Crippen LogP contribution in [0.15, 0.2) is 536 Å². The number of para-hydroxylation sites is 10. The lowest BCUT2D eigenvalue weighted by Crippen LogP contribution is -2.29. The Bertz CT molecular complexity index is 9880. The predicted molar refractivity (Wildman–Crippen MR) is 626 cm³/mol. The Labute approximate surface area is 880 Å². The quantitative estimate of drug-likeness (QED) is 0.0731. The van der Waals surface area contributed by atoms with Crippen molar-refractivity contribution in [2.45, 2.75) is 0 Å². The van der Waals surface area contributed by atoms with Crippen molar-refractivity contribution in [1.29, 1.82) is 0 Å². The molecule has 0 radical (unpaired) electrons. The number of hydrogen-bond acceptors (Lipinski definition) is 12. The van der Waals surface area contributed by atoms with Crippen molar-refractivity contribution in [3.8, 4) is 89.0 Å². The molecule has 7 heterocycles. The highest BCUT2D eigenvalue weighted by Gasteiger charge is 2.22. The highest BCUT2D eigenvalue weighted by molar-refractivity contribution is 9.11. The van der Waals surface area contributed by atoms with E-state index in [1.165, 1.54) is 55.3 Å². The average Bonchev–Trinajstić information content (AvgIpc) is 1.60. The van der Waals surface area contributed by atoms with Crippen molar-refractivity contribution in [2.75, 3.05) is 5.32 Å². The zero-order chi connectivity index (χ0) is 101. The van der Waals surface area contributed by atoms with E-state index >= 15 is 0 Å². The summed E-state index contributed by atoms with van der Waals surface area (Å²) < 4.78 is 45.2. The summed E-state index contributed by atoms with van der Waals surface area (Å²) in [4.78, 5) is 0. The normalized spacial score (nSPS) is 11.3. The summed E-state index contributed by atoms with van der Waals surface area (Å²) in [5.41, 5.74) is 33.6. The lowest BCUT2D eigenvalue weighted by Gasteiger charge is -2.09. The fraction of sp³-hybridized carbons (Fsp3) is 0. The summed E-state index contributed by atoms with van der Waals surface area (Å²) in [7, 11) is -2.94. The molecule has 5 N–H and O–H groups in total. The molecule has 0 unspecified atom stereocenters. The van der Waals surface area contributed by atoms with Gasteiger partial charge in [0, 0.05) is 117 Å². The fourth-order valence-electron chi connectivity index (χ4n) is 19.8. The summed E-state index contributed by atoms with van der Waals surface area (Å²) in [6.45, 7) is 0. The van der Waals surface area contributed by atoms with E-state index in [1.54, 1.807) is 24.3 Å². The lowest BCUT2D eigenvalue weighted by molar-refractivity contribution is 0.424. The van der Waals surface area contributed by atoms with Crippen molar-refractivity contribution >= 4 is 238 Å². The van der Waals surface area contributed by atoms with Crippen molar-refractivity contribution < 1.29 is 51.0 Å². The monoisotopic (exact) mass is 2120 g/mol. The molecule has 0 amide bonds. The van der Waals surface area contributed by atoms with Gasteiger partial charge in [0.15, 0.2) is 0 Å². The Morgan fingerprint density at radius 3 is 0.711 bits per heavy atom.